The molecule has 2 aliphatic heterocycles. The van der Waals surface area contributed by atoms with Crippen molar-refractivity contribution in [2.24, 2.45) is 5.41 Å². The summed E-state index contributed by atoms with van der Waals surface area (Å²) in [5.74, 6) is -0.765. The second-order valence-electron chi connectivity index (χ2n) is 19.0. The lowest BCUT2D eigenvalue weighted by atomic mass is 9.78. The number of aromatic nitrogens is 1. The van der Waals surface area contributed by atoms with Crippen molar-refractivity contribution in [2.45, 2.75) is 95.9 Å². The normalized spacial score (nSPS) is 19.0. The van der Waals surface area contributed by atoms with Gasteiger partial charge in [-0.1, -0.05) is 107 Å². The number of likely N-dealkylation sites (N-methyl/N-ethyl adjacent to an activating group) is 2. The summed E-state index contributed by atoms with van der Waals surface area (Å²) in [4.78, 5) is 66.7. The van der Waals surface area contributed by atoms with Crippen LogP contribution in [-0.4, -0.2) is 134 Å². The van der Waals surface area contributed by atoms with Gasteiger partial charge in [0.2, 0.25) is 17.7 Å². The molecular formula is C51H71N9O4S. The first-order valence-electron chi connectivity index (χ1n) is 23.3. The van der Waals surface area contributed by atoms with Crippen LogP contribution in [0.15, 0.2) is 96.4 Å². The summed E-state index contributed by atoms with van der Waals surface area (Å²) in [6.07, 6.45) is 2.95. The fourth-order valence-electron chi connectivity index (χ4n) is 8.82. The Morgan fingerprint density at radius 1 is 0.908 bits per heavy atom. The maximum atomic E-state index is 14.5. The first-order valence-corrected chi connectivity index (χ1v) is 24.2. The van der Waals surface area contributed by atoms with Crippen LogP contribution in [0.4, 0.5) is 0 Å². The van der Waals surface area contributed by atoms with E-state index in [0.29, 0.717) is 38.0 Å². The molecule has 6 rings (SSSR count). The molecule has 5 atom stereocenters. The fourth-order valence-corrected chi connectivity index (χ4v) is 9.91. The number of piperidine rings is 1. The Morgan fingerprint density at radius 3 is 2.18 bits per heavy atom. The summed E-state index contributed by atoms with van der Waals surface area (Å²) in [7, 11) is 3.85. The molecule has 5 N–H and O–H groups in total. The van der Waals surface area contributed by atoms with E-state index in [-0.39, 0.29) is 41.1 Å². The van der Waals surface area contributed by atoms with Gasteiger partial charge in [0.25, 0.3) is 5.91 Å². The molecule has 0 unspecified atom stereocenters. The van der Waals surface area contributed by atoms with Gasteiger partial charge in [-0.15, -0.1) is 11.3 Å². The van der Waals surface area contributed by atoms with Crippen LogP contribution in [0.5, 0.6) is 0 Å². The van der Waals surface area contributed by atoms with E-state index in [1.807, 2.05) is 107 Å². The highest BCUT2D eigenvalue weighted by Gasteiger charge is 2.45. The molecule has 14 heteroatoms. The quantitative estimate of drug-likeness (QED) is 0.0779. The lowest BCUT2D eigenvalue weighted by Gasteiger charge is -2.41. The van der Waals surface area contributed by atoms with E-state index in [1.54, 1.807) is 30.2 Å². The lowest BCUT2D eigenvalue weighted by Crippen LogP contribution is -2.59. The standard InChI is InChI=1S/C51H71N9O4S/c1-8-41(37-18-12-9-13-19-37)55-47(63)43-32-40(33-60(43)48(64)44(50(3,4)5)57-45(61)36(2)52-6)53-26-29-58(7)30-31-59-27-24-51(25-28-59,35-54-46(62)39-22-16-11-17-23-39)49-56-42(34-65-49)38-20-14-10-15-21-38/h9-23,34,36,40-41,43-44,52-53H,8,24-33,35H2,1-7H3,(H,54,62)(H,55,63)(H,57,61)/t36-,40-,41+,43-,44+/m0/s1. The number of nitrogens with one attached hydrogen (secondary N) is 5. The van der Waals surface area contributed by atoms with Gasteiger partial charge in [0.1, 0.15) is 17.1 Å². The molecule has 3 heterocycles. The number of rotatable bonds is 20. The van der Waals surface area contributed by atoms with Crippen LogP contribution in [-0.2, 0) is 19.8 Å². The molecule has 2 fully saturated rings. The van der Waals surface area contributed by atoms with E-state index < -0.39 is 23.5 Å². The summed E-state index contributed by atoms with van der Waals surface area (Å²) in [5, 5.41) is 19.4. The van der Waals surface area contributed by atoms with Gasteiger partial charge in [0.05, 0.1) is 17.8 Å². The monoisotopic (exact) mass is 906 g/mol. The molecule has 0 spiro atoms. The zero-order valence-electron chi connectivity index (χ0n) is 39.4. The van der Waals surface area contributed by atoms with Gasteiger partial charge >= 0.3 is 0 Å². The van der Waals surface area contributed by atoms with Crippen molar-refractivity contribution in [1.29, 1.82) is 0 Å². The van der Waals surface area contributed by atoms with Crippen LogP contribution in [0.1, 0.15) is 87.3 Å². The van der Waals surface area contributed by atoms with Gasteiger partial charge in [-0.25, -0.2) is 4.98 Å². The Morgan fingerprint density at radius 2 is 1.55 bits per heavy atom. The number of amides is 4. The minimum atomic E-state index is -0.816. The van der Waals surface area contributed by atoms with Gasteiger partial charge < -0.3 is 41.3 Å². The number of nitrogens with zero attached hydrogens (tertiary/aromatic N) is 4. The van der Waals surface area contributed by atoms with E-state index in [2.05, 4.69) is 60.9 Å². The fraction of sp³-hybridized carbons (Fsp3) is 0.510. The van der Waals surface area contributed by atoms with E-state index in [1.165, 1.54) is 0 Å². The van der Waals surface area contributed by atoms with E-state index in [0.717, 1.165) is 67.4 Å². The van der Waals surface area contributed by atoms with Crippen LogP contribution in [0.3, 0.4) is 0 Å². The average Bonchev–Trinajstić information content (AvgIpc) is 4.01. The third kappa shape index (κ3) is 13.1. The Balaban J connectivity index is 1.05. The van der Waals surface area contributed by atoms with Crippen molar-refractivity contribution < 1.29 is 19.2 Å². The molecule has 0 aliphatic carbocycles. The molecule has 4 aromatic rings. The zero-order valence-corrected chi connectivity index (χ0v) is 40.3. The summed E-state index contributed by atoms with van der Waals surface area (Å²) in [6, 6.07) is 27.3. The Kier molecular flexibility index (Phi) is 17.5. The van der Waals surface area contributed by atoms with E-state index in [9.17, 15) is 19.2 Å². The molecule has 1 aromatic heterocycles. The molecule has 350 valence electrons. The van der Waals surface area contributed by atoms with Gasteiger partial charge in [0.15, 0.2) is 0 Å². The second-order valence-corrected chi connectivity index (χ2v) is 19.8. The van der Waals surface area contributed by atoms with Crippen LogP contribution in [0.2, 0.25) is 0 Å². The van der Waals surface area contributed by atoms with E-state index >= 15 is 0 Å². The minimum absolute atomic E-state index is 0.0659. The summed E-state index contributed by atoms with van der Waals surface area (Å²) < 4.78 is 0. The van der Waals surface area contributed by atoms with Gasteiger partial charge in [-0.3, -0.25) is 19.2 Å². The molecule has 0 saturated carbocycles. The summed E-state index contributed by atoms with van der Waals surface area (Å²) >= 11 is 1.69. The average molecular weight is 906 g/mol. The number of carbonyl (C=O) groups excluding carboxylic acids is 4. The Bertz CT molecular complexity index is 2140. The Hall–Kier alpha value is -4.99. The van der Waals surface area contributed by atoms with Crippen molar-refractivity contribution in [3.8, 4) is 11.3 Å². The molecule has 4 amide bonds. The molecule has 65 heavy (non-hydrogen) atoms. The second kappa shape index (κ2) is 23.0. The predicted octanol–water partition coefficient (Wildman–Crippen LogP) is 5.47. The van der Waals surface area contributed by atoms with Crippen LogP contribution >= 0.6 is 11.3 Å². The summed E-state index contributed by atoms with van der Waals surface area (Å²) in [6.45, 7) is 15.6. The highest BCUT2D eigenvalue weighted by atomic mass is 32.1. The van der Waals surface area contributed by atoms with Gasteiger partial charge in [-0.2, -0.15) is 0 Å². The molecule has 0 bridgehead atoms. The number of thiazole rings is 1. The topological polar surface area (TPSA) is 151 Å². The molecular weight excluding hydrogens is 835 g/mol. The highest BCUT2D eigenvalue weighted by Crippen LogP contribution is 2.39. The number of hydrogen-bond acceptors (Lipinski definition) is 10. The van der Waals surface area contributed by atoms with Gasteiger partial charge in [-0.05, 0) is 82.9 Å². The van der Waals surface area contributed by atoms with Crippen LogP contribution in [0.25, 0.3) is 11.3 Å². The molecule has 13 nitrogen and oxygen atoms in total. The number of carbonyl (C=O) groups is 4. The molecule has 3 aromatic carbocycles. The van der Waals surface area contributed by atoms with Gasteiger partial charge in [0, 0.05) is 67.2 Å². The zero-order chi connectivity index (χ0) is 46.6. The smallest absolute Gasteiger partial charge is 0.251 e. The SMILES string of the molecule is CC[C@@H](NC(=O)[C@@H]1C[C@H](NCCN(C)CCN2CCC(CNC(=O)c3ccccc3)(c3nc(-c4ccccc4)cs3)CC2)CN1C(=O)[C@@H](NC(=O)[C@H](C)NC)C(C)(C)C)c1ccccc1. The molecule has 2 saturated heterocycles. The number of likely N-dealkylation sites (tertiary alicyclic amines) is 2. The molecule has 2 aliphatic rings. The predicted molar refractivity (Wildman–Crippen MR) is 261 cm³/mol. The third-order valence-electron chi connectivity index (χ3n) is 13.2. The number of hydrogen-bond donors (Lipinski definition) is 5. The third-order valence-corrected chi connectivity index (χ3v) is 14.3. The van der Waals surface area contributed by atoms with Crippen molar-refractivity contribution in [2.75, 3.05) is 66.5 Å². The maximum Gasteiger partial charge on any atom is 0.251 e. The largest absolute Gasteiger partial charge is 0.351 e. The maximum absolute atomic E-state index is 14.5. The van der Waals surface area contributed by atoms with Crippen molar-refractivity contribution in [3.05, 3.63) is 113 Å². The minimum Gasteiger partial charge on any atom is -0.351 e. The van der Waals surface area contributed by atoms with Crippen LogP contribution in [0, 0.1) is 5.41 Å². The van der Waals surface area contributed by atoms with Crippen molar-refractivity contribution in [1.82, 2.24) is 46.3 Å². The lowest BCUT2D eigenvalue weighted by molar-refractivity contribution is -0.144. The first kappa shape index (κ1) is 49.4. The number of benzene rings is 3. The Labute approximate surface area is 390 Å². The molecule has 0 radical (unpaired) electrons. The van der Waals surface area contributed by atoms with E-state index in [4.69, 9.17) is 4.98 Å². The highest BCUT2D eigenvalue weighted by molar-refractivity contribution is 7.10. The first-order chi connectivity index (χ1) is 31.2. The van der Waals surface area contributed by atoms with Crippen molar-refractivity contribution in [3.63, 3.8) is 0 Å². The van der Waals surface area contributed by atoms with Crippen molar-refractivity contribution >= 4 is 35.0 Å². The summed E-state index contributed by atoms with van der Waals surface area (Å²) in [5.41, 5.74) is 2.89. The van der Waals surface area contributed by atoms with Crippen LogP contribution < -0.4 is 26.6 Å².